The molecule has 4 N–H and O–H groups in total. The van der Waals surface area contributed by atoms with Crippen molar-refractivity contribution in [3.63, 3.8) is 0 Å². The van der Waals surface area contributed by atoms with Crippen LogP contribution in [0.4, 0.5) is 13.2 Å². The van der Waals surface area contributed by atoms with Crippen LogP contribution in [0.15, 0.2) is 0 Å². The van der Waals surface area contributed by atoms with Crippen LogP contribution in [0.25, 0.3) is 0 Å². The highest BCUT2D eigenvalue weighted by atomic mass is 19.4. The van der Waals surface area contributed by atoms with Crippen molar-refractivity contribution in [3.8, 4) is 6.07 Å². The summed E-state index contributed by atoms with van der Waals surface area (Å²) in [6, 6.07) is -1.46. The standard InChI is InChI=1S/C23H29F3N6O5/c1-22(2)11-8-32-15(14(11)22)16-19(37-16)29-10(7-27)5-9-6-13(30-17(9)33)18(34)28-4-3-12(20(32)35)31-21(36)23(24,25)26/h9-16,19,29H,3-6,8H2,1-2H3,(H,28,34)(H,30,33)(H,31,36)/t9-,10?,11+,12+,13+,14+,15+,16?,19+/m1/s1. The van der Waals surface area contributed by atoms with E-state index in [-0.39, 0.29) is 49.0 Å². The first kappa shape index (κ1) is 25.7. The topological polar surface area (TPSA) is 156 Å². The molecule has 0 aromatic rings. The molecule has 37 heavy (non-hydrogen) atoms. The first-order chi connectivity index (χ1) is 17.3. The minimum absolute atomic E-state index is 0.0488. The molecule has 0 aromatic heterocycles. The molecule has 0 aromatic carbocycles. The molecule has 2 bridgehead atoms. The van der Waals surface area contributed by atoms with E-state index in [4.69, 9.17) is 4.74 Å². The number of carbonyl (C=O) groups excluding carboxylic acids is 4. The summed E-state index contributed by atoms with van der Waals surface area (Å²) in [5.41, 5.74) is -0.0942. The van der Waals surface area contributed by atoms with E-state index in [0.29, 0.717) is 6.54 Å². The Morgan fingerprint density at radius 2 is 1.95 bits per heavy atom. The Morgan fingerprint density at radius 3 is 2.62 bits per heavy atom. The predicted octanol–water partition coefficient (Wildman–Crippen LogP) is -0.862. The number of ether oxygens (including phenoxy) is 1. The van der Waals surface area contributed by atoms with E-state index in [0.717, 1.165) is 0 Å². The van der Waals surface area contributed by atoms with Crippen LogP contribution in [-0.4, -0.2) is 84.3 Å². The summed E-state index contributed by atoms with van der Waals surface area (Å²) in [6.45, 7) is 4.23. The maximum atomic E-state index is 13.5. The van der Waals surface area contributed by atoms with Gasteiger partial charge < -0.3 is 25.6 Å². The number of nitrogens with one attached hydrogen (secondary N) is 4. The second-order valence-electron chi connectivity index (χ2n) is 11.1. The number of fused-ring (bicyclic) bond motifs is 7. The maximum Gasteiger partial charge on any atom is 0.471 e. The van der Waals surface area contributed by atoms with Crippen molar-refractivity contribution in [1.82, 2.24) is 26.2 Å². The number of nitrogens with zero attached hydrogens (tertiary/aromatic N) is 2. The number of alkyl halides is 3. The summed E-state index contributed by atoms with van der Waals surface area (Å²) in [7, 11) is 0. The highest BCUT2D eigenvalue weighted by Gasteiger charge is 2.72. The van der Waals surface area contributed by atoms with Crippen LogP contribution in [0.1, 0.15) is 33.1 Å². The summed E-state index contributed by atoms with van der Waals surface area (Å²) >= 11 is 0. The molecule has 202 valence electrons. The summed E-state index contributed by atoms with van der Waals surface area (Å²) in [6.07, 6.45) is -6.16. The van der Waals surface area contributed by atoms with Crippen molar-refractivity contribution in [3.05, 3.63) is 0 Å². The second-order valence-corrected chi connectivity index (χ2v) is 11.1. The fourth-order valence-corrected chi connectivity index (χ4v) is 6.39. The third kappa shape index (κ3) is 4.63. The van der Waals surface area contributed by atoms with E-state index in [1.54, 1.807) is 5.32 Å². The third-order valence-corrected chi connectivity index (χ3v) is 8.56. The predicted molar refractivity (Wildman–Crippen MR) is 118 cm³/mol. The van der Waals surface area contributed by atoms with Crippen molar-refractivity contribution in [2.24, 2.45) is 23.2 Å². The van der Waals surface area contributed by atoms with E-state index in [1.807, 2.05) is 0 Å². The Balaban J connectivity index is 1.41. The molecule has 2 unspecified atom stereocenters. The summed E-state index contributed by atoms with van der Waals surface area (Å²) in [4.78, 5) is 51.8. The molecule has 4 heterocycles. The average Bonchev–Trinajstić information content (AvgIpc) is 3.53. The minimum atomic E-state index is -5.18. The number of carbonyl (C=O) groups is 4. The van der Waals surface area contributed by atoms with Gasteiger partial charge >= 0.3 is 12.1 Å². The lowest BCUT2D eigenvalue weighted by Gasteiger charge is -2.33. The molecule has 14 heteroatoms. The van der Waals surface area contributed by atoms with Gasteiger partial charge in [-0.05, 0) is 36.5 Å². The Hall–Kier alpha value is -2.92. The molecule has 5 aliphatic rings. The molecule has 1 aliphatic carbocycles. The number of hydrogen-bond acceptors (Lipinski definition) is 7. The summed E-state index contributed by atoms with van der Waals surface area (Å²) < 4.78 is 44.9. The van der Waals surface area contributed by atoms with E-state index < -0.39 is 66.3 Å². The molecule has 4 aliphatic heterocycles. The molecule has 4 amide bonds. The molecular weight excluding hydrogens is 497 g/mol. The first-order valence-corrected chi connectivity index (χ1v) is 12.4. The highest BCUT2D eigenvalue weighted by molar-refractivity contribution is 5.92. The first-order valence-electron chi connectivity index (χ1n) is 12.4. The van der Waals surface area contributed by atoms with Gasteiger partial charge in [-0.3, -0.25) is 24.5 Å². The third-order valence-electron chi connectivity index (χ3n) is 8.56. The van der Waals surface area contributed by atoms with Crippen LogP contribution < -0.4 is 21.3 Å². The SMILES string of the molecule is CC1(C)[C@@H]2[C@H]3C4O[C@@H]4NC(C#N)C[C@@H]4C[C@H](NC4=O)C(=O)NCC[C@H](NC(=O)C(F)(F)F)C(=O)N3C[C@@H]21. The molecule has 5 fully saturated rings. The van der Waals surface area contributed by atoms with E-state index >= 15 is 0 Å². The van der Waals surface area contributed by atoms with Crippen molar-refractivity contribution in [1.29, 1.82) is 5.26 Å². The Labute approximate surface area is 210 Å². The molecule has 0 spiro atoms. The molecule has 9 atom stereocenters. The molecule has 1 saturated carbocycles. The number of amides is 4. The Morgan fingerprint density at radius 1 is 1.22 bits per heavy atom. The fraction of sp³-hybridized carbons (Fsp3) is 0.783. The normalized spacial score (nSPS) is 40.9. The van der Waals surface area contributed by atoms with Gasteiger partial charge in [0.1, 0.15) is 24.4 Å². The van der Waals surface area contributed by atoms with Crippen LogP contribution in [-0.2, 0) is 23.9 Å². The molecule has 4 saturated heterocycles. The summed E-state index contributed by atoms with van der Waals surface area (Å²) in [5.74, 6) is -4.23. The van der Waals surface area contributed by atoms with Crippen molar-refractivity contribution >= 4 is 23.6 Å². The quantitative estimate of drug-likeness (QED) is 0.324. The molecule has 11 nitrogen and oxygen atoms in total. The van der Waals surface area contributed by atoms with Crippen LogP contribution in [0.5, 0.6) is 0 Å². The number of nitriles is 1. The van der Waals surface area contributed by atoms with Crippen LogP contribution in [0.2, 0.25) is 0 Å². The number of epoxide rings is 1. The molecule has 0 radical (unpaired) electrons. The zero-order valence-corrected chi connectivity index (χ0v) is 20.3. The van der Waals surface area contributed by atoms with Crippen LogP contribution >= 0.6 is 0 Å². The number of hydrogen-bond donors (Lipinski definition) is 4. The van der Waals surface area contributed by atoms with Gasteiger partial charge in [0.25, 0.3) is 0 Å². The number of piperidine rings is 1. The Kier molecular flexibility index (Phi) is 6.14. The smallest absolute Gasteiger partial charge is 0.354 e. The molecular formula is C23H29F3N6O5. The lowest BCUT2D eigenvalue weighted by molar-refractivity contribution is -0.175. The van der Waals surface area contributed by atoms with Gasteiger partial charge in [-0.2, -0.15) is 18.4 Å². The maximum absolute atomic E-state index is 13.5. The number of rotatable bonds is 1. The summed E-state index contributed by atoms with van der Waals surface area (Å²) in [5, 5.41) is 19.7. The largest absolute Gasteiger partial charge is 0.471 e. The Bertz CT molecular complexity index is 1060. The van der Waals surface area contributed by atoms with Gasteiger partial charge in [0.05, 0.1) is 18.2 Å². The van der Waals surface area contributed by atoms with Gasteiger partial charge in [0.2, 0.25) is 17.7 Å². The lowest BCUT2D eigenvalue weighted by Crippen LogP contribution is -2.56. The van der Waals surface area contributed by atoms with Gasteiger partial charge in [-0.25, -0.2) is 0 Å². The average molecular weight is 527 g/mol. The van der Waals surface area contributed by atoms with Gasteiger partial charge in [0, 0.05) is 19.0 Å². The van der Waals surface area contributed by atoms with Gasteiger partial charge in [0.15, 0.2) is 0 Å². The monoisotopic (exact) mass is 526 g/mol. The minimum Gasteiger partial charge on any atom is -0.354 e. The zero-order valence-electron chi connectivity index (χ0n) is 20.3. The van der Waals surface area contributed by atoms with Crippen molar-refractivity contribution < 1.29 is 37.1 Å². The lowest BCUT2D eigenvalue weighted by atomic mass is 9.95. The van der Waals surface area contributed by atoms with Crippen molar-refractivity contribution in [2.45, 2.75) is 75.8 Å². The van der Waals surface area contributed by atoms with Crippen LogP contribution in [0.3, 0.4) is 0 Å². The zero-order chi connectivity index (χ0) is 26.9. The van der Waals surface area contributed by atoms with E-state index in [2.05, 4.69) is 35.9 Å². The van der Waals surface area contributed by atoms with Crippen LogP contribution in [0, 0.1) is 34.5 Å². The fourth-order valence-electron chi connectivity index (χ4n) is 6.39. The van der Waals surface area contributed by atoms with E-state index in [9.17, 15) is 37.6 Å². The molecule has 5 rings (SSSR count). The van der Waals surface area contributed by atoms with Gasteiger partial charge in [-0.15, -0.1) is 0 Å². The van der Waals surface area contributed by atoms with Crippen molar-refractivity contribution in [2.75, 3.05) is 13.1 Å². The second kappa shape index (κ2) is 8.83. The number of halogens is 3. The van der Waals surface area contributed by atoms with E-state index in [1.165, 1.54) is 4.90 Å². The highest BCUT2D eigenvalue weighted by Crippen LogP contribution is 2.66. The van der Waals surface area contributed by atoms with Gasteiger partial charge in [-0.1, -0.05) is 13.8 Å².